The Bertz CT molecular complexity index is 583. The van der Waals surface area contributed by atoms with Crippen molar-refractivity contribution in [1.82, 2.24) is 15.1 Å². The lowest BCUT2D eigenvalue weighted by molar-refractivity contribution is -0.138. The van der Waals surface area contributed by atoms with Crippen LogP contribution in [0.25, 0.3) is 0 Å². The van der Waals surface area contributed by atoms with Crippen LogP contribution in [-0.4, -0.2) is 85.8 Å². The topological polar surface area (TPSA) is 71.1 Å². The van der Waals surface area contributed by atoms with Crippen LogP contribution in [0.15, 0.2) is 0 Å². The van der Waals surface area contributed by atoms with Crippen LogP contribution in [0.3, 0.4) is 0 Å². The van der Waals surface area contributed by atoms with E-state index in [-0.39, 0.29) is 41.2 Å². The monoisotopic (exact) mass is 409 g/mol. The van der Waals surface area contributed by atoms with Gasteiger partial charge in [0.05, 0.1) is 32.3 Å². The first-order valence-corrected chi connectivity index (χ1v) is 11.1. The van der Waals surface area contributed by atoms with Gasteiger partial charge in [-0.25, -0.2) is 0 Å². The van der Waals surface area contributed by atoms with Crippen molar-refractivity contribution in [3.05, 3.63) is 0 Å². The highest BCUT2D eigenvalue weighted by Gasteiger charge is 2.51. The zero-order chi connectivity index (χ0) is 21.2. The summed E-state index contributed by atoms with van der Waals surface area (Å²) < 4.78 is 11.5. The summed E-state index contributed by atoms with van der Waals surface area (Å²) in [5.74, 6) is 0.719. The van der Waals surface area contributed by atoms with E-state index in [2.05, 4.69) is 31.0 Å². The maximum Gasteiger partial charge on any atom is 0.225 e. The number of amides is 2. The Labute approximate surface area is 175 Å². The van der Waals surface area contributed by atoms with E-state index in [4.69, 9.17) is 9.47 Å². The summed E-state index contributed by atoms with van der Waals surface area (Å²) in [7, 11) is 0. The standard InChI is InChI=1S/C22H39N3O4/c1-15(2)23-19(26)10-16-12-25(14-22(3,4)5)17-13-29-18(21(16)17)11-20(27)24-6-8-28-9-7-24/h15-18,21H,6-14H2,1-5H3,(H,23,26)/t16-,17-,18+,21-/m1/s1. The number of ether oxygens (including phenoxy) is 2. The number of rotatable bonds is 6. The fourth-order valence-corrected chi connectivity index (χ4v) is 5.14. The van der Waals surface area contributed by atoms with Gasteiger partial charge in [0.15, 0.2) is 0 Å². The van der Waals surface area contributed by atoms with E-state index in [1.165, 1.54) is 0 Å². The highest BCUT2D eigenvalue weighted by molar-refractivity contribution is 5.77. The molecular weight excluding hydrogens is 370 g/mol. The van der Waals surface area contributed by atoms with Crippen molar-refractivity contribution in [1.29, 1.82) is 0 Å². The summed E-state index contributed by atoms with van der Waals surface area (Å²) in [6, 6.07) is 0.442. The van der Waals surface area contributed by atoms with Gasteiger partial charge in [0.2, 0.25) is 11.8 Å². The summed E-state index contributed by atoms with van der Waals surface area (Å²) in [4.78, 5) is 29.7. The molecular formula is C22H39N3O4. The number of likely N-dealkylation sites (tertiary alicyclic amines) is 1. The van der Waals surface area contributed by atoms with Gasteiger partial charge in [0.1, 0.15) is 0 Å². The zero-order valence-electron chi connectivity index (χ0n) is 18.8. The molecule has 3 rings (SSSR count). The number of carbonyl (C=O) groups is 2. The minimum atomic E-state index is -0.0998. The molecule has 166 valence electrons. The lowest BCUT2D eigenvalue weighted by Gasteiger charge is -2.30. The molecule has 0 aliphatic carbocycles. The molecule has 0 aromatic rings. The van der Waals surface area contributed by atoms with Gasteiger partial charge in [-0.15, -0.1) is 0 Å². The smallest absolute Gasteiger partial charge is 0.225 e. The summed E-state index contributed by atoms with van der Waals surface area (Å²) in [5.41, 5.74) is 0.182. The van der Waals surface area contributed by atoms with Crippen molar-refractivity contribution in [2.45, 2.75) is 65.6 Å². The van der Waals surface area contributed by atoms with E-state index < -0.39 is 0 Å². The Kier molecular flexibility index (Phi) is 7.23. The van der Waals surface area contributed by atoms with Gasteiger partial charge < -0.3 is 19.7 Å². The number of carbonyl (C=O) groups excluding carboxylic acids is 2. The Morgan fingerprint density at radius 1 is 1.14 bits per heavy atom. The zero-order valence-corrected chi connectivity index (χ0v) is 18.8. The Morgan fingerprint density at radius 2 is 1.83 bits per heavy atom. The third-order valence-corrected chi connectivity index (χ3v) is 6.15. The molecule has 4 atom stereocenters. The lowest BCUT2D eigenvalue weighted by atomic mass is 9.84. The molecule has 3 saturated heterocycles. The lowest BCUT2D eigenvalue weighted by Crippen LogP contribution is -2.43. The second-order valence-electron chi connectivity index (χ2n) is 10.4. The molecule has 3 aliphatic rings. The third kappa shape index (κ3) is 5.92. The van der Waals surface area contributed by atoms with E-state index in [1.54, 1.807) is 0 Å². The molecule has 0 radical (unpaired) electrons. The third-order valence-electron chi connectivity index (χ3n) is 6.15. The van der Waals surface area contributed by atoms with Crippen LogP contribution in [-0.2, 0) is 19.1 Å². The van der Waals surface area contributed by atoms with Gasteiger partial charge in [-0.3, -0.25) is 14.5 Å². The number of fused-ring (bicyclic) bond motifs is 1. The van der Waals surface area contributed by atoms with Gasteiger partial charge in [-0.1, -0.05) is 20.8 Å². The van der Waals surface area contributed by atoms with Crippen LogP contribution in [0.4, 0.5) is 0 Å². The van der Waals surface area contributed by atoms with Crippen LogP contribution in [0.1, 0.15) is 47.5 Å². The van der Waals surface area contributed by atoms with Crippen molar-refractivity contribution in [3.8, 4) is 0 Å². The van der Waals surface area contributed by atoms with Gasteiger partial charge in [0.25, 0.3) is 0 Å². The van der Waals surface area contributed by atoms with Crippen LogP contribution >= 0.6 is 0 Å². The molecule has 0 unspecified atom stereocenters. The van der Waals surface area contributed by atoms with Crippen LogP contribution in [0, 0.1) is 17.3 Å². The van der Waals surface area contributed by atoms with Crippen molar-refractivity contribution in [3.63, 3.8) is 0 Å². The number of hydrogen-bond donors (Lipinski definition) is 1. The highest BCUT2D eigenvalue weighted by atomic mass is 16.5. The molecule has 0 bridgehead atoms. The predicted molar refractivity (Wildman–Crippen MR) is 111 cm³/mol. The summed E-state index contributed by atoms with van der Waals surface area (Å²) >= 11 is 0. The molecule has 1 N–H and O–H groups in total. The van der Waals surface area contributed by atoms with E-state index in [9.17, 15) is 9.59 Å². The molecule has 0 aromatic carbocycles. The molecule has 7 heteroatoms. The average Bonchev–Trinajstić information content (AvgIpc) is 3.16. The van der Waals surface area contributed by atoms with E-state index in [1.807, 2.05) is 18.7 Å². The number of nitrogens with one attached hydrogen (secondary N) is 1. The number of hydrogen-bond acceptors (Lipinski definition) is 5. The fraction of sp³-hybridized carbons (Fsp3) is 0.909. The van der Waals surface area contributed by atoms with Crippen LogP contribution < -0.4 is 5.32 Å². The molecule has 29 heavy (non-hydrogen) atoms. The van der Waals surface area contributed by atoms with Gasteiger partial charge >= 0.3 is 0 Å². The van der Waals surface area contributed by atoms with E-state index >= 15 is 0 Å². The van der Waals surface area contributed by atoms with Gasteiger partial charge in [-0.05, 0) is 25.2 Å². The largest absolute Gasteiger partial charge is 0.378 e. The first-order chi connectivity index (χ1) is 13.6. The van der Waals surface area contributed by atoms with Crippen LogP contribution in [0.2, 0.25) is 0 Å². The first-order valence-electron chi connectivity index (χ1n) is 11.1. The molecule has 3 fully saturated rings. The molecule has 0 spiro atoms. The number of nitrogens with zero attached hydrogens (tertiary/aromatic N) is 2. The highest BCUT2D eigenvalue weighted by Crippen LogP contribution is 2.42. The molecule has 3 aliphatic heterocycles. The second-order valence-corrected chi connectivity index (χ2v) is 10.4. The minimum Gasteiger partial charge on any atom is -0.378 e. The SMILES string of the molecule is CC(C)NC(=O)C[C@@H]1CN(CC(C)(C)C)[C@@H]2CO[C@@H](CC(=O)N3CCOCC3)[C@H]12. The van der Waals surface area contributed by atoms with Crippen molar-refractivity contribution in [2.75, 3.05) is 46.0 Å². The molecule has 2 amide bonds. The summed E-state index contributed by atoms with van der Waals surface area (Å²) in [6.07, 6.45) is 0.815. The van der Waals surface area contributed by atoms with Gasteiger partial charge in [0, 0.05) is 50.6 Å². The fourth-order valence-electron chi connectivity index (χ4n) is 5.14. The normalized spacial score (nSPS) is 30.6. The first kappa shape index (κ1) is 22.5. The molecule has 0 aromatic heterocycles. The molecule has 7 nitrogen and oxygen atoms in total. The van der Waals surface area contributed by atoms with Crippen LogP contribution in [0.5, 0.6) is 0 Å². The Balaban J connectivity index is 1.69. The minimum absolute atomic E-state index is 0.0998. The second kappa shape index (κ2) is 9.31. The average molecular weight is 410 g/mol. The molecule has 0 saturated carbocycles. The summed E-state index contributed by atoms with van der Waals surface area (Å²) in [6.45, 7) is 15.8. The maximum atomic E-state index is 12.8. The van der Waals surface area contributed by atoms with E-state index in [0.717, 1.165) is 13.1 Å². The summed E-state index contributed by atoms with van der Waals surface area (Å²) in [5, 5.41) is 3.03. The van der Waals surface area contributed by atoms with Crippen molar-refractivity contribution in [2.24, 2.45) is 17.3 Å². The number of morpholine rings is 1. The predicted octanol–water partition coefficient (Wildman–Crippen LogP) is 1.51. The van der Waals surface area contributed by atoms with Crippen molar-refractivity contribution < 1.29 is 19.1 Å². The maximum absolute atomic E-state index is 12.8. The Morgan fingerprint density at radius 3 is 2.45 bits per heavy atom. The van der Waals surface area contributed by atoms with Crippen molar-refractivity contribution >= 4 is 11.8 Å². The Hall–Kier alpha value is -1.18. The van der Waals surface area contributed by atoms with E-state index in [0.29, 0.717) is 51.8 Å². The quantitative estimate of drug-likeness (QED) is 0.720. The van der Waals surface area contributed by atoms with Gasteiger partial charge in [-0.2, -0.15) is 0 Å². The molecule has 3 heterocycles.